The Labute approximate surface area is 147 Å². The van der Waals surface area contributed by atoms with Crippen molar-refractivity contribution in [2.75, 3.05) is 5.32 Å². The number of nitrogens with one attached hydrogen (secondary N) is 2. The van der Waals surface area contributed by atoms with Gasteiger partial charge in [-0.15, -0.1) is 0 Å². The number of sulfonamides is 1. The Hall–Kier alpha value is -1.81. The van der Waals surface area contributed by atoms with E-state index in [1.807, 2.05) is 0 Å². The lowest BCUT2D eigenvalue weighted by Gasteiger charge is -2.10. The standard InChI is InChI=1S/C14H12BrN3O3S2/c15-10-3-1-9(2-4-10)13(19)18-14(22)17-11-5-7-12(8-6-11)23(16,20)21/h1-8H,(H2,16,20,21)(H2,17,18,19,22). The molecule has 0 aliphatic carbocycles. The van der Waals surface area contributed by atoms with Gasteiger partial charge in [-0.3, -0.25) is 10.1 Å². The maximum atomic E-state index is 12.0. The Morgan fingerprint density at radius 1 is 1.04 bits per heavy atom. The van der Waals surface area contributed by atoms with Gasteiger partial charge in [0.15, 0.2) is 5.11 Å². The van der Waals surface area contributed by atoms with Crippen molar-refractivity contribution in [3.8, 4) is 0 Å². The summed E-state index contributed by atoms with van der Waals surface area (Å²) in [5.41, 5.74) is 0.987. The summed E-state index contributed by atoms with van der Waals surface area (Å²) in [7, 11) is -3.74. The van der Waals surface area contributed by atoms with Crippen LogP contribution in [-0.2, 0) is 10.0 Å². The fourth-order valence-electron chi connectivity index (χ4n) is 1.67. The highest BCUT2D eigenvalue weighted by Crippen LogP contribution is 2.13. The van der Waals surface area contributed by atoms with E-state index in [0.717, 1.165) is 4.47 Å². The molecular weight excluding hydrogens is 402 g/mol. The van der Waals surface area contributed by atoms with Crippen LogP contribution in [0.1, 0.15) is 10.4 Å². The minimum atomic E-state index is -3.74. The summed E-state index contributed by atoms with van der Waals surface area (Å²) in [6.45, 7) is 0. The Morgan fingerprint density at radius 3 is 2.13 bits per heavy atom. The number of anilines is 1. The van der Waals surface area contributed by atoms with Gasteiger partial charge in [0.25, 0.3) is 5.91 Å². The van der Waals surface area contributed by atoms with Crippen molar-refractivity contribution in [1.29, 1.82) is 0 Å². The fraction of sp³-hybridized carbons (Fsp3) is 0. The number of thiocarbonyl (C=S) groups is 1. The van der Waals surface area contributed by atoms with E-state index in [1.54, 1.807) is 24.3 Å². The van der Waals surface area contributed by atoms with Gasteiger partial charge in [0.2, 0.25) is 10.0 Å². The molecule has 4 N–H and O–H groups in total. The maximum absolute atomic E-state index is 12.0. The smallest absolute Gasteiger partial charge is 0.257 e. The average molecular weight is 414 g/mol. The molecule has 2 rings (SSSR count). The third kappa shape index (κ3) is 5.10. The number of carbonyl (C=O) groups is 1. The number of halogens is 1. The molecule has 2 aromatic carbocycles. The van der Waals surface area contributed by atoms with Gasteiger partial charge in [-0.1, -0.05) is 15.9 Å². The largest absolute Gasteiger partial charge is 0.332 e. The molecule has 0 bridgehead atoms. The second-order valence-corrected chi connectivity index (χ2v) is 7.37. The van der Waals surface area contributed by atoms with Crippen LogP contribution in [0.25, 0.3) is 0 Å². The van der Waals surface area contributed by atoms with Crippen molar-refractivity contribution < 1.29 is 13.2 Å². The molecular formula is C14H12BrN3O3S2. The van der Waals surface area contributed by atoms with Gasteiger partial charge in [-0.25, -0.2) is 13.6 Å². The van der Waals surface area contributed by atoms with E-state index in [2.05, 4.69) is 26.6 Å². The zero-order valence-electron chi connectivity index (χ0n) is 11.6. The lowest BCUT2D eigenvalue weighted by atomic mass is 10.2. The van der Waals surface area contributed by atoms with E-state index in [4.69, 9.17) is 17.4 Å². The first kappa shape index (κ1) is 17.5. The van der Waals surface area contributed by atoms with E-state index in [0.29, 0.717) is 11.3 Å². The van der Waals surface area contributed by atoms with E-state index in [1.165, 1.54) is 24.3 Å². The van der Waals surface area contributed by atoms with E-state index >= 15 is 0 Å². The summed E-state index contributed by atoms with van der Waals surface area (Å²) < 4.78 is 23.2. The van der Waals surface area contributed by atoms with E-state index < -0.39 is 10.0 Å². The first-order valence-electron chi connectivity index (χ1n) is 6.26. The number of hydrogen-bond acceptors (Lipinski definition) is 4. The van der Waals surface area contributed by atoms with E-state index in [-0.39, 0.29) is 15.9 Å². The summed E-state index contributed by atoms with van der Waals surface area (Å²) in [5.74, 6) is -0.351. The van der Waals surface area contributed by atoms with Gasteiger partial charge < -0.3 is 5.32 Å². The molecule has 0 aliphatic rings. The molecule has 0 saturated carbocycles. The lowest BCUT2D eigenvalue weighted by molar-refractivity contribution is 0.0977. The van der Waals surface area contributed by atoms with Gasteiger partial charge >= 0.3 is 0 Å². The number of rotatable bonds is 3. The monoisotopic (exact) mass is 413 g/mol. The fourth-order valence-corrected chi connectivity index (χ4v) is 2.66. The van der Waals surface area contributed by atoms with Crippen molar-refractivity contribution in [2.24, 2.45) is 5.14 Å². The van der Waals surface area contributed by atoms with Crippen molar-refractivity contribution in [3.63, 3.8) is 0 Å². The molecule has 0 aliphatic heterocycles. The van der Waals surface area contributed by atoms with Crippen LogP contribution in [0, 0.1) is 0 Å². The second-order valence-electron chi connectivity index (χ2n) is 4.48. The Kier molecular flexibility index (Phi) is 5.47. The van der Waals surface area contributed by atoms with Crippen molar-refractivity contribution in [3.05, 3.63) is 58.6 Å². The van der Waals surface area contributed by atoms with Gasteiger partial charge in [0, 0.05) is 15.7 Å². The Morgan fingerprint density at radius 2 is 1.61 bits per heavy atom. The summed E-state index contributed by atoms with van der Waals surface area (Å²) in [6, 6.07) is 12.5. The van der Waals surface area contributed by atoms with E-state index in [9.17, 15) is 13.2 Å². The Bertz CT molecular complexity index is 835. The minimum absolute atomic E-state index is 0.00661. The topological polar surface area (TPSA) is 101 Å². The first-order chi connectivity index (χ1) is 10.8. The molecule has 0 fully saturated rings. The SMILES string of the molecule is NS(=O)(=O)c1ccc(NC(=S)NC(=O)c2ccc(Br)cc2)cc1. The van der Waals surface area contributed by atoms with Crippen LogP contribution in [0.4, 0.5) is 5.69 Å². The summed E-state index contributed by atoms with van der Waals surface area (Å²) >= 11 is 8.34. The molecule has 0 unspecified atom stereocenters. The summed E-state index contributed by atoms with van der Waals surface area (Å²) in [6.07, 6.45) is 0. The maximum Gasteiger partial charge on any atom is 0.257 e. The zero-order valence-corrected chi connectivity index (χ0v) is 14.8. The van der Waals surface area contributed by atoms with Crippen LogP contribution >= 0.6 is 28.1 Å². The van der Waals surface area contributed by atoms with Crippen molar-refractivity contribution in [1.82, 2.24) is 5.32 Å². The minimum Gasteiger partial charge on any atom is -0.332 e. The molecule has 120 valence electrons. The van der Waals surface area contributed by atoms with Crippen LogP contribution in [0.2, 0.25) is 0 Å². The predicted octanol–water partition coefficient (Wildman–Crippen LogP) is 2.22. The summed E-state index contributed by atoms with van der Waals surface area (Å²) in [4.78, 5) is 12.0. The number of hydrogen-bond donors (Lipinski definition) is 3. The molecule has 0 atom stereocenters. The molecule has 0 aromatic heterocycles. The molecule has 0 saturated heterocycles. The van der Waals surface area contributed by atoms with Crippen LogP contribution in [0.3, 0.4) is 0 Å². The number of primary sulfonamides is 1. The van der Waals surface area contributed by atoms with Crippen LogP contribution < -0.4 is 15.8 Å². The number of benzene rings is 2. The molecule has 2 aromatic rings. The number of carbonyl (C=O) groups excluding carboxylic acids is 1. The summed E-state index contributed by atoms with van der Waals surface area (Å²) in [5, 5.41) is 10.4. The van der Waals surface area contributed by atoms with Gasteiger partial charge in [0.05, 0.1) is 4.90 Å². The average Bonchev–Trinajstić information content (AvgIpc) is 2.47. The van der Waals surface area contributed by atoms with Gasteiger partial charge in [0.1, 0.15) is 0 Å². The van der Waals surface area contributed by atoms with Crippen LogP contribution in [0.5, 0.6) is 0 Å². The number of amides is 1. The second kappa shape index (κ2) is 7.18. The molecule has 0 heterocycles. The predicted molar refractivity (Wildman–Crippen MR) is 95.6 cm³/mol. The highest BCUT2D eigenvalue weighted by Gasteiger charge is 2.09. The molecule has 1 amide bonds. The lowest BCUT2D eigenvalue weighted by Crippen LogP contribution is -2.34. The van der Waals surface area contributed by atoms with Crippen LogP contribution in [-0.4, -0.2) is 19.4 Å². The number of nitrogens with two attached hydrogens (primary N) is 1. The van der Waals surface area contributed by atoms with Gasteiger partial charge in [-0.2, -0.15) is 0 Å². The third-order valence-electron chi connectivity index (χ3n) is 2.77. The van der Waals surface area contributed by atoms with Crippen molar-refractivity contribution >= 4 is 54.9 Å². The quantitative estimate of drug-likeness (QED) is 0.669. The highest BCUT2D eigenvalue weighted by atomic mass is 79.9. The van der Waals surface area contributed by atoms with Crippen molar-refractivity contribution in [2.45, 2.75) is 4.90 Å². The molecule has 6 nitrogen and oxygen atoms in total. The van der Waals surface area contributed by atoms with Crippen LogP contribution in [0.15, 0.2) is 57.9 Å². The first-order valence-corrected chi connectivity index (χ1v) is 9.01. The Balaban J connectivity index is 1.99. The third-order valence-corrected chi connectivity index (χ3v) is 4.44. The molecule has 23 heavy (non-hydrogen) atoms. The zero-order chi connectivity index (χ0) is 17.0. The van der Waals surface area contributed by atoms with Gasteiger partial charge in [-0.05, 0) is 60.7 Å². The highest BCUT2D eigenvalue weighted by molar-refractivity contribution is 9.10. The molecule has 0 spiro atoms. The molecule has 0 radical (unpaired) electrons. The molecule has 9 heteroatoms. The normalized spacial score (nSPS) is 10.9.